The van der Waals surface area contributed by atoms with E-state index < -0.39 is 30.9 Å². The van der Waals surface area contributed by atoms with Crippen LogP contribution in [-0.2, 0) is 33.1 Å². The third-order valence-electron chi connectivity index (χ3n) is 7.12. The van der Waals surface area contributed by atoms with Crippen LogP contribution in [0.25, 0.3) is 0 Å². The zero-order valence-corrected chi connectivity index (χ0v) is 24.2. The van der Waals surface area contributed by atoms with Gasteiger partial charge in [-0.05, 0) is 50.5 Å². The Kier molecular flexibility index (Phi) is 9.21. The first kappa shape index (κ1) is 29.3. The van der Waals surface area contributed by atoms with Gasteiger partial charge in [0.1, 0.15) is 10.7 Å². The summed E-state index contributed by atoms with van der Waals surface area (Å²) >= 11 is 5.31. The van der Waals surface area contributed by atoms with Crippen LogP contribution in [0.5, 0.6) is 0 Å². The van der Waals surface area contributed by atoms with Crippen molar-refractivity contribution in [2.24, 2.45) is 5.92 Å². The molecule has 1 aliphatic carbocycles. The monoisotopic (exact) mass is 571 g/mol. The summed E-state index contributed by atoms with van der Waals surface area (Å²) in [6.45, 7) is 5.13. The lowest BCUT2D eigenvalue weighted by Gasteiger charge is -2.37. The molecule has 0 N–H and O–H groups in total. The molecule has 3 aromatic rings. The summed E-state index contributed by atoms with van der Waals surface area (Å²) in [6, 6.07) is 25.0. The number of phosphoric ester groups is 1. The van der Waals surface area contributed by atoms with Gasteiger partial charge in [0, 0.05) is 24.6 Å². The lowest BCUT2D eigenvalue weighted by Crippen LogP contribution is -2.55. The fourth-order valence-electron chi connectivity index (χ4n) is 5.05. The third-order valence-corrected chi connectivity index (χ3v) is 9.07. The van der Waals surface area contributed by atoms with Crippen molar-refractivity contribution in [2.75, 3.05) is 20.3 Å². The molecule has 1 saturated carbocycles. The molecule has 0 spiro atoms. The van der Waals surface area contributed by atoms with Crippen LogP contribution in [0, 0.1) is 10.6 Å². The number of pyridine rings is 1. The number of rotatable bonds is 13. The average Bonchev–Trinajstić information content (AvgIpc) is 3.70. The van der Waals surface area contributed by atoms with Gasteiger partial charge in [-0.3, -0.25) is 13.6 Å². The molecule has 1 heterocycles. The van der Waals surface area contributed by atoms with Crippen LogP contribution >= 0.6 is 20.0 Å². The lowest BCUT2D eigenvalue weighted by atomic mass is 9.81. The molecule has 8 nitrogen and oxygen atoms in total. The quantitative estimate of drug-likeness (QED) is 0.178. The Hall–Kier alpha value is -2.65. The molecular formula is C29H34NO7PS. The molecule has 1 aliphatic rings. The number of carbonyl (C=O) groups excluding carboxylic acids is 1. The minimum Gasteiger partial charge on any atom is -0.364 e. The topological polar surface area (TPSA) is 85.2 Å². The minimum absolute atomic E-state index is 0.0878. The maximum atomic E-state index is 13.8. The smallest absolute Gasteiger partial charge is 0.364 e. The Labute approximate surface area is 234 Å². The zero-order chi connectivity index (χ0) is 28.1. The normalized spacial score (nSPS) is 18.6. The van der Waals surface area contributed by atoms with Crippen LogP contribution in [-0.4, -0.2) is 42.7 Å². The van der Waals surface area contributed by atoms with Gasteiger partial charge in [0.25, 0.3) is 0 Å². The lowest BCUT2D eigenvalue weighted by molar-refractivity contribution is -0.182. The van der Waals surface area contributed by atoms with E-state index in [-0.39, 0.29) is 19.1 Å². The number of ether oxygens (including phenoxy) is 1. The Bertz CT molecular complexity index is 1320. The summed E-state index contributed by atoms with van der Waals surface area (Å²) in [5.74, 6) is -1.11. The first-order chi connectivity index (χ1) is 18.7. The Morgan fingerprint density at radius 1 is 1.00 bits per heavy atom. The van der Waals surface area contributed by atoms with Crippen molar-refractivity contribution < 1.29 is 32.5 Å². The molecule has 0 amide bonds. The number of aromatic nitrogens is 1. The fraction of sp³-hybridized carbons (Fsp3) is 0.379. The highest BCUT2D eigenvalue weighted by atomic mass is 32.1. The summed E-state index contributed by atoms with van der Waals surface area (Å²) in [7, 11) is -2.69. The van der Waals surface area contributed by atoms with Crippen LogP contribution in [0.1, 0.15) is 38.3 Å². The summed E-state index contributed by atoms with van der Waals surface area (Å²) in [6.07, 6.45) is 1.05. The molecule has 1 aromatic heterocycles. The average molecular weight is 572 g/mol. The summed E-state index contributed by atoms with van der Waals surface area (Å²) in [5.41, 5.74) is -0.187. The van der Waals surface area contributed by atoms with E-state index in [2.05, 4.69) is 0 Å². The minimum atomic E-state index is -4.09. The van der Waals surface area contributed by atoms with Gasteiger partial charge in [0.05, 0.1) is 13.2 Å². The molecular weight excluding hydrogens is 537 g/mol. The van der Waals surface area contributed by atoms with Gasteiger partial charge in [-0.1, -0.05) is 78.9 Å². The van der Waals surface area contributed by atoms with Crippen molar-refractivity contribution in [3.63, 3.8) is 0 Å². The van der Waals surface area contributed by atoms with Crippen molar-refractivity contribution >= 4 is 26.0 Å². The van der Waals surface area contributed by atoms with Crippen LogP contribution < -0.4 is 4.84 Å². The first-order valence-electron chi connectivity index (χ1n) is 12.9. The SMILES string of the molecule is CCOP(=O)(OCC)OC(C1CC1(c1ccccc1)c1ccccc1)C(C)(OC)C(=O)On1ccccc1=S. The molecule has 1 fully saturated rings. The third kappa shape index (κ3) is 5.94. The molecule has 3 unspecified atom stereocenters. The molecule has 0 saturated heterocycles. The van der Waals surface area contributed by atoms with Gasteiger partial charge in [0.2, 0.25) is 0 Å². The maximum absolute atomic E-state index is 13.8. The van der Waals surface area contributed by atoms with Crippen molar-refractivity contribution in [3.8, 4) is 0 Å². The molecule has 4 rings (SSSR count). The Morgan fingerprint density at radius 2 is 1.54 bits per heavy atom. The molecule has 0 aliphatic heterocycles. The van der Waals surface area contributed by atoms with Gasteiger partial charge in [-0.15, -0.1) is 0 Å². The number of carbonyl (C=O) groups is 1. The maximum Gasteiger partial charge on any atom is 0.475 e. The second-order valence-corrected chi connectivity index (χ2v) is 11.4. The second-order valence-electron chi connectivity index (χ2n) is 9.38. The van der Waals surface area contributed by atoms with E-state index in [1.807, 2.05) is 60.7 Å². The van der Waals surface area contributed by atoms with E-state index in [9.17, 15) is 9.36 Å². The van der Waals surface area contributed by atoms with Gasteiger partial charge < -0.3 is 9.57 Å². The number of hydrogen-bond donors (Lipinski definition) is 0. The summed E-state index contributed by atoms with van der Waals surface area (Å²) in [4.78, 5) is 19.5. The molecule has 10 heteroatoms. The zero-order valence-electron chi connectivity index (χ0n) is 22.5. The number of nitrogens with zero attached hydrogens (tertiary/aromatic N) is 1. The van der Waals surface area contributed by atoms with Crippen LogP contribution in [0.3, 0.4) is 0 Å². The standard InChI is InChI=1S/C29H34NO7PS/c1-5-34-38(32,35-6-2)37-26(28(3,33-4)27(31)36-30-20-14-13-19-25(30)39)24-21-29(24,22-15-9-7-10-16-22)23-17-11-8-12-18-23/h7-20,24,26H,5-6,21H2,1-4H3. The number of methoxy groups -OCH3 is 1. The van der Waals surface area contributed by atoms with Crippen LogP contribution in [0.4, 0.5) is 0 Å². The molecule has 39 heavy (non-hydrogen) atoms. The highest BCUT2D eigenvalue weighted by Crippen LogP contribution is 2.65. The fourth-order valence-corrected chi connectivity index (χ4v) is 6.68. The predicted octanol–water partition coefficient (Wildman–Crippen LogP) is 6.15. The Morgan fingerprint density at radius 3 is 2.03 bits per heavy atom. The molecule has 208 valence electrons. The van der Waals surface area contributed by atoms with Crippen molar-refractivity contribution in [2.45, 2.75) is 44.3 Å². The highest BCUT2D eigenvalue weighted by molar-refractivity contribution is 7.71. The molecule has 3 atom stereocenters. The van der Waals surface area contributed by atoms with Crippen molar-refractivity contribution in [3.05, 3.63) is 101 Å². The van der Waals surface area contributed by atoms with Crippen LogP contribution in [0.2, 0.25) is 0 Å². The first-order valence-corrected chi connectivity index (χ1v) is 14.7. The van der Waals surface area contributed by atoms with Crippen molar-refractivity contribution in [1.82, 2.24) is 4.73 Å². The molecule has 2 aromatic carbocycles. The Balaban J connectivity index is 1.82. The second kappa shape index (κ2) is 12.3. The van der Waals surface area contributed by atoms with E-state index in [0.29, 0.717) is 11.1 Å². The molecule has 0 bridgehead atoms. The predicted molar refractivity (Wildman–Crippen MR) is 150 cm³/mol. The van der Waals surface area contributed by atoms with Gasteiger partial charge in [-0.25, -0.2) is 9.36 Å². The van der Waals surface area contributed by atoms with Crippen LogP contribution in [0.15, 0.2) is 85.1 Å². The van der Waals surface area contributed by atoms with Crippen molar-refractivity contribution in [1.29, 1.82) is 0 Å². The van der Waals surface area contributed by atoms with E-state index in [0.717, 1.165) is 11.1 Å². The largest absolute Gasteiger partial charge is 0.475 e. The van der Waals surface area contributed by atoms with E-state index in [1.165, 1.54) is 18.0 Å². The molecule has 0 radical (unpaired) electrons. The highest BCUT2D eigenvalue weighted by Gasteiger charge is 2.67. The summed E-state index contributed by atoms with van der Waals surface area (Å²) < 4.78 is 38.3. The summed E-state index contributed by atoms with van der Waals surface area (Å²) in [5, 5.41) is 0. The van der Waals surface area contributed by atoms with Gasteiger partial charge >= 0.3 is 13.8 Å². The van der Waals surface area contributed by atoms with E-state index in [4.69, 9.17) is 35.4 Å². The van der Waals surface area contributed by atoms with E-state index in [1.54, 1.807) is 39.0 Å². The van der Waals surface area contributed by atoms with Gasteiger partial charge in [0.15, 0.2) is 5.60 Å². The van der Waals surface area contributed by atoms with Gasteiger partial charge in [-0.2, -0.15) is 4.73 Å². The number of hydrogen-bond acceptors (Lipinski definition) is 8. The van der Waals surface area contributed by atoms with E-state index >= 15 is 0 Å². The number of benzene rings is 2. The number of phosphoric acid groups is 1.